The number of nitrogens with zero attached hydrogens (tertiary/aromatic N) is 1. The molecule has 0 spiro atoms. The molecule has 0 unspecified atom stereocenters. The first-order valence-corrected chi connectivity index (χ1v) is 6.50. The fourth-order valence-corrected chi connectivity index (χ4v) is 3.68. The Bertz CT molecular complexity index is 259. The summed E-state index contributed by atoms with van der Waals surface area (Å²) >= 11 is 0.759. The molecule has 2 heteroatoms. The number of fused-ring (bicyclic) bond motifs is 1. The number of hydrogen-bond donors (Lipinski definition) is 0. The van der Waals surface area contributed by atoms with E-state index < -0.39 is 0 Å². The van der Waals surface area contributed by atoms with Crippen molar-refractivity contribution in [1.29, 1.82) is 0 Å². The van der Waals surface area contributed by atoms with Crippen molar-refractivity contribution in [3.05, 3.63) is 29.8 Å². The number of rotatable bonds is 0. The second-order valence-corrected chi connectivity index (χ2v) is 5.96. The molecule has 0 aliphatic carbocycles. The Balaban J connectivity index is 2.44. The summed E-state index contributed by atoms with van der Waals surface area (Å²) in [7, 11) is 0. The standard InChI is InChI=1S/C9H10N.Hg/c1-2-6-9-8(4-1)5-3-7-10-9;/h1-2,4,6H,3,5,7H2;/q-1;+1. The van der Waals surface area contributed by atoms with Crippen LogP contribution in [0.5, 0.6) is 0 Å². The average molecular weight is 333 g/mol. The third-order valence-corrected chi connectivity index (χ3v) is 4.76. The summed E-state index contributed by atoms with van der Waals surface area (Å²) < 4.78 is 2.53. The summed E-state index contributed by atoms with van der Waals surface area (Å²) in [5.74, 6) is 0. The van der Waals surface area contributed by atoms with Crippen LogP contribution < -0.4 is 2.66 Å². The van der Waals surface area contributed by atoms with E-state index in [0.29, 0.717) is 0 Å². The second-order valence-electron chi connectivity index (χ2n) is 3.00. The fourth-order valence-electron chi connectivity index (χ4n) is 1.61. The Morgan fingerprint density at radius 2 is 2.09 bits per heavy atom. The van der Waals surface area contributed by atoms with Crippen LogP contribution in [0.25, 0.3) is 0 Å². The topological polar surface area (TPSA) is 3.24 Å². The summed E-state index contributed by atoms with van der Waals surface area (Å²) in [6, 6.07) is 8.80. The van der Waals surface area contributed by atoms with Gasteiger partial charge in [-0.25, -0.2) is 0 Å². The molecule has 1 nitrogen and oxygen atoms in total. The van der Waals surface area contributed by atoms with Gasteiger partial charge in [0.05, 0.1) is 0 Å². The van der Waals surface area contributed by atoms with Gasteiger partial charge in [-0.1, -0.05) is 0 Å². The maximum absolute atomic E-state index is 2.53. The molecule has 11 heavy (non-hydrogen) atoms. The molecule has 0 saturated heterocycles. The average Bonchev–Trinajstić information content (AvgIpc) is 2.06. The van der Waals surface area contributed by atoms with Gasteiger partial charge in [-0.3, -0.25) is 0 Å². The van der Waals surface area contributed by atoms with Crippen LogP contribution in [0.3, 0.4) is 0 Å². The molecule has 0 aromatic heterocycles. The molecule has 1 aliphatic heterocycles. The number of para-hydroxylation sites is 1. The number of anilines is 1. The Morgan fingerprint density at radius 1 is 1.27 bits per heavy atom. The van der Waals surface area contributed by atoms with E-state index in [4.69, 9.17) is 0 Å². The Kier molecular flexibility index (Phi) is 2.17. The van der Waals surface area contributed by atoms with Crippen molar-refractivity contribution < 1.29 is 26.4 Å². The predicted molar refractivity (Wildman–Crippen MR) is 42.1 cm³/mol. The van der Waals surface area contributed by atoms with Crippen molar-refractivity contribution >= 4 is 5.69 Å². The third-order valence-electron chi connectivity index (χ3n) is 2.21. The van der Waals surface area contributed by atoms with E-state index in [1.165, 1.54) is 25.1 Å². The molecule has 0 saturated carbocycles. The van der Waals surface area contributed by atoms with E-state index in [0.717, 1.165) is 26.4 Å². The molecule has 0 radical (unpaired) electrons. The Labute approximate surface area is 83.8 Å². The minimum atomic E-state index is 0.759. The zero-order chi connectivity index (χ0) is 7.68. The van der Waals surface area contributed by atoms with E-state index in [9.17, 15) is 0 Å². The van der Waals surface area contributed by atoms with E-state index in [2.05, 4.69) is 26.9 Å². The number of hydrogen-bond acceptors (Lipinski definition) is 1. The molecular formula is C9H10HgN. The van der Waals surface area contributed by atoms with Crippen LogP contribution in [0.4, 0.5) is 5.69 Å². The quantitative estimate of drug-likeness (QED) is 0.656. The predicted octanol–water partition coefficient (Wildman–Crippen LogP) is 1.90. The second kappa shape index (κ2) is 3.14. The van der Waals surface area contributed by atoms with Crippen LogP contribution >= 0.6 is 0 Å². The zero-order valence-electron chi connectivity index (χ0n) is 6.59. The van der Waals surface area contributed by atoms with E-state index in [1.807, 2.05) is 0 Å². The van der Waals surface area contributed by atoms with Crippen LogP contribution in [0.1, 0.15) is 12.0 Å². The molecule has 1 heterocycles. The van der Waals surface area contributed by atoms with E-state index in [-0.39, 0.29) is 0 Å². The van der Waals surface area contributed by atoms with E-state index >= 15 is 0 Å². The van der Waals surface area contributed by atoms with Crippen molar-refractivity contribution in [2.75, 3.05) is 9.21 Å². The van der Waals surface area contributed by atoms with Crippen molar-refractivity contribution in [3.63, 3.8) is 0 Å². The first-order valence-electron chi connectivity index (χ1n) is 4.04. The molecule has 0 atom stereocenters. The summed E-state index contributed by atoms with van der Waals surface area (Å²) in [5.41, 5.74) is 3.05. The summed E-state index contributed by atoms with van der Waals surface area (Å²) in [4.78, 5) is 0. The molecule has 1 aromatic rings. The Hall–Kier alpha value is -0.0449. The summed E-state index contributed by atoms with van der Waals surface area (Å²) in [6.45, 7) is 1.29. The van der Waals surface area contributed by atoms with Crippen LogP contribution in [0.2, 0.25) is 0 Å². The molecular weight excluding hydrogens is 323 g/mol. The fraction of sp³-hybridized carbons (Fsp3) is 0.333. The Morgan fingerprint density at radius 3 is 2.91 bits per heavy atom. The molecule has 1 aliphatic rings. The van der Waals surface area contributed by atoms with Gasteiger partial charge in [-0.15, -0.1) is 0 Å². The maximum atomic E-state index is 2.53. The van der Waals surface area contributed by atoms with Crippen LogP contribution in [0.15, 0.2) is 24.3 Å². The molecule has 53 valence electrons. The zero-order valence-corrected chi connectivity index (χ0v) is 12.1. The SMILES string of the molecule is [Hg][N]1CCCc2ccccc21. The molecule has 0 bridgehead atoms. The summed E-state index contributed by atoms with van der Waals surface area (Å²) in [5, 5.41) is 0. The first-order chi connectivity index (χ1) is 5.38. The van der Waals surface area contributed by atoms with Crippen LogP contribution in [0, 0.1) is 0 Å². The van der Waals surface area contributed by atoms with E-state index in [1.54, 1.807) is 5.56 Å². The first kappa shape index (κ1) is 7.60. The molecule has 2 rings (SSSR count). The van der Waals surface area contributed by atoms with Crippen LogP contribution in [-0.2, 0) is 32.8 Å². The van der Waals surface area contributed by atoms with Crippen molar-refractivity contribution in [2.45, 2.75) is 12.8 Å². The van der Waals surface area contributed by atoms with Gasteiger partial charge >= 0.3 is 84.0 Å². The van der Waals surface area contributed by atoms with Crippen LogP contribution in [-0.4, -0.2) is 6.54 Å². The van der Waals surface area contributed by atoms with Crippen molar-refractivity contribution in [3.8, 4) is 0 Å². The molecule has 1 aromatic carbocycles. The van der Waals surface area contributed by atoms with Crippen molar-refractivity contribution in [1.82, 2.24) is 0 Å². The number of aryl methyl sites for hydroxylation is 1. The number of benzene rings is 1. The third kappa shape index (κ3) is 1.43. The van der Waals surface area contributed by atoms with Gasteiger partial charge in [0.2, 0.25) is 0 Å². The van der Waals surface area contributed by atoms with Gasteiger partial charge in [0, 0.05) is 0 Å². The normalized spacial score (nSPS) is 16.4. The molecule has 0 amide bonds. The van der Waals surface area contributed by atoms with Gasteiger partial charge in [0.15, 0.2) is 0 Å². The summed E-state index contributed by atoms with van der Waals surface area (Å²) in [6.07, 6.45) is 2.63. The monoisotopic (exact) mass is 334 g/mol. The van der Waals surface area contributed by atoms with Gasteiger partial charge in [-0.05, 0) is 0 Å². The molecule has 0 N–H and O–H groups in total. The van der Waals surface area contributed by atoms with Gasteiger partial charge in [0.1, 0.15) is 0 Å². The molecule has 0 fully saturated rings. The minimum absolute atomic E-state index is 0.759. The van der Waals surface area contributed by atoms with Gasteiger partial charge < -0.3 is 0 Å². The van der Waals surface area contributed by atoms with Gasteiger partial charge in [-0.2, -0.15) is 0 Å². The van der Waals surface area contributed by atoms with Gasteiger partial charge in [0.25, 0.3) is 0 Å². The van der Waals surface area contributed by atoms with Crippen molar-refractivity contribution in [2.24, 2.45) is 0 Å².